The first kappa shape index (κ1) is 17.1. The Labute approximate surface area is 138 Å². The lowest BCUT2D eigenvalue weighted by atomic mass is 9.99. The lowest BCUT2D eigenvalue weighted by Gasteiger charge is -2.11. The Balaban J connectivity index is 2.39. The van der Waals surface area contributed by atoms with Gasteiger partial charge in [0.05, 0.1) is 18.1 Å². The van der Waals surface area contributed by atoms with Crippen molar-refractivity contribution in [2.75, 3.05) is 19.8 Å². The van der Waals surface area contributed by atoms with Gasteiger partial charge in [-0.1, -0.05) is 60.7 Å². The molecule has 0 saturated heterocycles. The van der Waals surface area contributed by atoms with E-state index in [1.165, 1.54) is 0 Å². The first-order chi connectivity index (χ1) is 11.4. The van der Waals surface area contributed by atoms with E-state index in [1.54, 1.807) is 0 Å². The monoisotopic (exact) mass is 308 g/mol. The molecule has 0 heterocycles. The number of hydrogen-bond acceptors (Lipinski definition) is 4. The summed E-state index contributed by atoms with van der Waals surface area (Å²) in [6.45, 7) is 1.66. The third-order valence-corrected chi connectivity index (χ3v) is 3.45. The minimum atomic E-state index is 0.235. The Morgan fingerprint density at radius 1 is 0.696 bits per heavy atom. The maximum Gasteiger partial charge on any atom is 0.0920 e. The van der Waals surface area contributed by atoms with Crippen LogP contribution < -0.4 is 11.5 Å². The van der Waals surface area contributed by atoms with Crippen LogP contribution >= 0.6 is 0 Å². The molecule has 0 saturated carbocycles. The molecule has 0 aliphatic carbocycles. The Hall–Kier alpha value is -2.30. The van der Waals surface area contributed by atoms with E-state index >= 15 is 0 Å². The predicted octanol–water partition coefficient (Wildman–Crippen LogP) is 2.62. The summed E-state index contributed by atoms with van der Waals surface area (Å²) in [6, 6.07) is 20.2. The fraction of sp³-hybridized carbons (Fsp3) is 0.263. The van der Waals surface area contributed by atoms with Gasteiger partial charge in [-0.2, -0.15) is 0 Å². The summed E-state index contributed by atoms with van der Waals surface area (Å²) in [4.78, 5) is 9.31. The largest absolute Gasteiger partial charge is 0.330 e. The quantitative estimate of drug-likeness (QED) is 0.581. The van der Waals surface area contributed by atoms with Gasteiger partial charge in [0.1, 0.15) is 0 Å². The van der Waals surface area contributed by atoms with Crippen molar-refractivity contribution in [1.29, 1.82) is 0 Å². The lowest BCUT2D eigenvalue weighted by molar-refractivity contribution is 0.757. The van der Waals surface area contributed by atoms with Gasteiger partial charge in [-0.15, -0.1) is 0 Å². The molecule has 0 unspecified atom stereocenters. The molecular weight excluding hydrogens is 284 g/mol. The zero-order valence-corrected chi connectivity index (χ0v) is 13.4. The molecule has 0 radical (unpaired) electrons. The van der Waals surface area contributed by atoms with Crippen LogP contribution in [-0.4, -0.2) is 31.2 Å². The zero-order chi connectivity index (χ0) is 16.3. The van der Waals surface area contributed by atoms with Gasteiger partial charge in [0.15, 0.2) is 0 Å². The number of unbranched alkanes of at least 4 members (excludes halogenated alkanes) is 1. The number of rotatable bonds is 8. The van der Waals surface area contributed by atoms with Crippen molar-refractivity contribution in [1.82, 2.24) is 0 Å². The molecule has 120 valence electrons. The highest BCUT2D eigenvalue weighted by atomic mass is 14.9. The molecule has 0 spiro atoms. The van der Waals surface area contributed by atoms with Crippen LogP contribution in [0.1, 0.15) is 24.0 Å². The number of nitrogens with two attached hydrogens (primary N) is 2. The maximum atomic E-state index is 5.70. The molecule has 0 aliphatic rings. The predicted molar refractivity (Wildman–Crippen MR) is 98.2 cm³/mol. The van der Waals surface area contributed by atoms with Crippen LogP contribution in [0.15, 0.2) is 70.6 Å². The molecule has 4 nitrogen and oxygen atoms in total. The Morgan fingerprint density at radius 2 is 1.22 bits per heavy atom. The summed E-state index contributed by atoms with van der Waals surface area (Å²) in [6.07, 6.45) is 1.94. The molecule has 2 rings (SSSR count). The summed E-state index contributed by atoms with van der Waals surface area (Å²) in [7, 11) is 0. The standard InChI is InChI=1S/C19H24N4/c20-13-7-8-14-22-18(16-9-3-1-4-10-16)19(23-15-21)17-11-5-2-6-12-17/h1-6,9-12H,7-8,13-15,20-21H2/b22-18+,23-19+. The van der Waals surface area contributed by atoms with Crippen LogP contribution in [0.25, 0.3) is 0 Å². The van der Waals surface area contributed by atoms with Crippen molar-refractivity contribution >= 4 is 11.4 Å². The minimum Gasteiger partial charge on any atom is -0.330 e. The third kappa shape index (κ3) is 5.13. The van der Waals surface area contributed by atoms with Crippen molar-refractivity contribution in [3.05, 3.63) is 71.8 Å². The minimum absolute atomic E-state index is 0.235. The van der Waals surface area contributed by atoms with Crippen LogP contribution in [-0.2, 0) is 0 Å². The average Bonchev–Trinajstić information content (AvgIpc) is 2.62. The van der Waals surface area contributed by atoms with E-state index in [0.717, 1.165) is 41.9 Å². The molecule has 0 aliphatic heterocycles. The molecule has 0 bridgehead atoms. The summed E-state index contributed by atoms with van der Waals surface area (Å²) in [5, 5.41) is 0. The second-order valence-electron chi connectivity index (χ2n) is 5.15. The van der Waals surface area contributed by atoms with Gasteiger partial charge in [0.2, 0.25) is 0 Å². The van der Waals surface area contributed by atoms with E-state index in [-0.39, 0.29) is 6.67 Å². The van der Waals surface area contributed by atoms with Gasteiger partial charge in [0.25, 0.3) is 0 Å². The van der Waals surface area contributed by atoms with Crippen LogP contribution in [0, 0.1) is 0 Å². The summed E-state index contributed by atoms with van der Waals surface area (Å²) in [5.74, 6) is 0. The van der Waals surface area contributed by atoms with Gasteiger partial charge in [0, 0.05) is 17.7 Å². The fourth-order valence-corrected chi connectivity index (χ4v) is 2.34. The van der Waals surface area contributed by atoms with Crippen LogP contribution in [0.2, 0.25) is 0 Å². The van der Waals surface area contributed by atoms with Crippen molar-refractivity contribution < 1.29 is 0 Å². The molecule has 0 amide bonds. The summed E-state index contributed by atoms with van der Waals surface area (Å²) in [5.41, 5.74) is 15.1. The summed E-state index contributed by atoms with van der Waals surface area (Å²) < 4.78 is 0. The first-order valence-electron chi connectivity index (χ1n) is 7.97. The highest BCUT2D eigenvalue weighted by Crippen LogP contribution is 2.11. The maximum absolute atomic E-state index is 5.70. The van der Waals surface area contributed by atoms with Gasteiger partial charge in [-0.3, -0.25) is 9.98 Å². The molecular formula is C19H24N4. The normalized spacial score (nSPS) is 12.4. The number of benzene rings is 2. The molecule has 0 atom stereocenters. The van der Waals surface area contributed by atoms with Gasteiger partial charge < -0.3 is 11.5 Å². The second kappa shape index (κ2) is 9.66. The Kier molecular flexibility index (Phi) is 7.17. The number of hydrogen-bond donors (Lipinski definition) is 2. The van der Waals surface area contributed by atoms with E-state index < -0.39 is 0 Å². The van der Waals surface area contributed by atoms with E-state index in [2.05, 4.69) is 17.1 Å². The van der Waals surface area contributed by atoms with Crippen LogP contribution in [0.4, 0.5) is 0 Å². The Morgan fingerprint density at radius 3 is 1.70 bits per heavy atom. The fourth-order valence-electron chi connectivity index (χ4n) is 2.34. The van der Waals surface area contributed by atoms with E-state index in [4.69, 9.17) is 16.5 Å². The molecule has 23 heavy (non-hydrogen) atoms. The SMILES string of the molecule is NCCCC/N=C(/C(=N/CN)c1ccccc1)c1ccccc1. The van der Waals surface area contributed by atoms with E-state index in [9.17, 15) is 0 Å². The molecule has 4 N–H and O–H groups in total. The molecule has 2 aromatic rings. The lowest BCUT2D eigenvalue weighted by Crippen LogP contribution is -2.20. The highest BCUT2D eigenvalue weighted by Gasteiger charge is 2.13. The molecule has 4 heteroatoms. The van der Waals surface area contributed by atoms with Crippen molar-refractivity contribution in [2.24, 2.45) is 21.5 Å². The van der Waals surface area contributed by atoms with Crippen molar-refractivity contribution in [2.45, 2.75) is 12.8 Å². The Bertz CT molecular complexity index is 633. The smallest absolute Gasteiger partial charge is 0.0920 e. The van der Waals surface area contributed by atoms with Gasteiger partial charge in [-0.25, -0.2) is 0 Å². The average molecular weight is 308 g/mol. The summed E-state index contributed by atoms with van der Waals surface area (Å²) >= 11 is 0. The second-order valence-corrected chi connectivity index (χ2v) is 5.15. The first-order valence-corrected chi connectivity index (χ1v) is 7.97. The van der Waals surface area contributed by atoms with E-state index in [0.29, 0.717) is 6.54 Å². The van der Waals surface area contributed by atoms with E-state index in [1.807, 2.05) is 48.5 Å². The molecule has 0 aromatic heterocycles. The van der Waals surface area contributed by atoms with Crippen molar-refractivity contribution in [3.63, 3.8) is 0 Å². The third-order valence-electron chi connectivity index (χ3n) is 3.45. The van der Waals surface area contributed by atoms with Gasteiger partial charge >= 0.3 is 0 Å². The highest BCUT2D eigenvalue weighted by molar-refractivity contribution is 6.53. The molecule has 2 aromatic carbocycles. The van der Waals surface area contributed by atoms with Gasteiger partial charge in [-0.05, 0) is 19.4 Å². The topological polar surface area (TPSA) is 76.8 Å². The molecule has 0 fully saturated rings. The number of aliphatic imine (C=N–C) groups is 2. The van der Waals surface area contributed by atoms with Crippen LogP contribution in [0.5, 0.6) is 0 Å². The van der Waals surface area contributed by atoms with Crippen LogP contribution in [0.3, 0.4) is 0 Å². The number of nitrogens with zero attached hydrogens (tertiary/aromatic N) is 2. The van der Waals surface area contributed by atoms with Crippen molar-refractivity contribution in [3.8, 4) is 0 Å². The zero-order valence-electron chi connectivity index (χ0n) is 13.4.